The fourth-order valence-electron chi connectivity index (χ4n) is 4.24. The summed E-state index contributed by atoms with van der Waals surface area (Å²) in [7, 11) is 0. The number of aryl methyl sites for hydroxylation is 1. The molecule has 0 aliphatic heterocycles. The topological polar surface area (TPSA) is 76.0 Å². The maximum Gasteiger partial charge on any atom is 0.511 e. The van der Waals surface area contributed by atoms with Crippen molar-refractivity contribution >= 4 is 6.16 Å². The van der Waals surface area contributed by atoms with Crippen molar-refractivity contribution in [3.8, 4) is 17.2 Å². The SMILES string of the molecule is CCCCCCCCc1cc(OC(=O)O)c(O)c(OCCCCC)c1CCCCCCCC. The molecule has 1 aromatic carbocycles. The number of carboxylic acid groups (broad SMARTS) is 1. The Kier molecular flexibility index (Phi) is 16.3. The van der Waals surface area contributed by atoms with Gasteiger partial charge in [0.05, 0.1) is 6.61 Å². The molecule has 0 fully saturated rings. The molecule has 5 heteroatoms. The third kappa shape index (κ3) is 12.2. The second-order valence-corrected chi connectivity index (χ2v) is 9.15. The molecule has 33 heavy (non-hydrogen) atoms. The lowest BCUT2D eigenvalue weighted by molar-refractivity contribution is 0.142. The average Bonchev–Trinajstić information content (AvgIpc) is 2.79. The van der Waals surface area contributed by atoms with Gasteiger partial charge in [-0.05, 0) is 43.7 Å². The second kappa shape index (κ2) is 18.5. The molecule has 0 amide bonds. The number of phenols is 1. The van der Waals surface area contributed by atoms with Gasteiger partial charge in [-0.1, -0.05) is 97.8 Å². The summed E-state index contributed by atoms with van der Waals surface area (Å²) in [5.74, 6) is 0.238. The third-order valence-electron chi connectivity index (χ3n) is 6.19. The number of rotatable bonds is 20. The van der Waals surface area contributed by atoms with Crippen LogP contribution in [0.4, 0.5) is 4.79 Å². The number of hydrogen-bond acceptors (Lipinski definition) is 4. The highest BCUT2D eigenvalue weighted by Gasteiger charge is 2.21. The molecular formula is C28H48O5. The van der Waals surface area contributed by atoms with Crippen LogP contribution in [-0.2, 0) is 12.8 Å². The molecule has 5 nitrogen and oxygen atoms in total. The molecule has 0 spiro atoms. The largest absolute Gasteiger partial charge is 0.511 e. The zero-order valence-corrected chi connectivity index (χ0v) is 21.4. The van der Waals surface area contributed by atoms with E-state index in [0.29, 0.717) is 12.4 Å². The minimum absolute atomic E-state index is 0.0133. The lowest BCUT2D eigenvalue weighted by Crippen LogP contribution is -2.08. The Balaban J connectivity index is 3.03. The van der Waals surface area contributed by atoms with Gasteiger partial charge in [0.1, 0.15) is 0 Å². The molecule has 0 bridgehead atoms. The van der Waals surface area contributed by atoms with Crippen LogP contribution in [0.5, 0.6) is 17.2 Å². The Bertz CT molecular complexity index is 656. The highest BCUT2D eigenvalue weighted by atomic mass is 16.7. The molecule has 0 saturated heterocycles. The Morgan fingerprint density at radius 3 is 1.85 bits per heavy atom. The Morgan fingerprint density at radius 2 is 1.27 bits per heavy atom. The standard InChI is InChI=1S/C28H48O5/c1-4-7-10-12-14-16-19-23-22-25(33-28(30)31)26(29)27(32-21-18-9-6-3)24(23)20-17-15-13-11-8-5-2/h22,29H,4-21H2,1-3H3,(H,30,31). The summed E-state index contributed by atoms with van der Waals surface area (Å²) in [6, 6.07) is 1.72. The number of phenolic OH excluding ortho intramolecular Hbond substituents is 1. The van der Waals surface area contributed by atoms with Gasteiger partial charge < -0.3 is 19.7 Å². The van der Waals surface area contributed by atoms with Crippen LogP contribution < -0.4 is 9.47 Å². The van der Waals surface area contributed by atoms with E-state index >= 15 is 0 Å². The Hall–Kier alpha value is -1.91. The van der Waals surface area contributed by atoms with Gasteiger partial charge in [0.25, 0.3) is 0 Å². The van der Waals surface area contributed by atoms with Gasteiger partial charge in [-0.2, -0.15) is 0 Å². The molecule has 0 aliphatic rings. The third-order valence-corrected chi connectivity index (χ3v) is 6.19. The molecule has 0 aromatic heterocycles. The summed E-state index contributed by atoms with van der Waals surface area (Å²) in [5.41, 5.74) is 2.09. The first-order valence-corrected chi connectivity index (χ1v) is 13.5. The molecule has 190 valence electrons. The van der Waals surface area contributed by atoms with Crippen LogP contribution in [0.2, 0.25) is 0 Å². The zero-order valence-electron chi connectivity index (χ0n) is 21.4. The average molecular weight is 465 g/mol. The molecule has 1 rings (SSSR count). The maximum atomic E-state index is 11.2. The molecule has 1 aromatic rings. The maximum absolute atomic E-state index is 11.2. The lowest BCUT2D eigenvalue weighted by Gasteiger charge is -2.19. The van der Waals surface area contributed by atoms with Crippen LogP contribution in [0.15, 0.2) is 6.07 Å². The zero-order chi connectivity index (χ0) is 24.3. The van der Waals surface area contributed by atoms with Crippen molar-refractivity contribution < 1.29 is 24.5 Å². The summed E-state index contributed by atoms with van der Waals surface area (Å²) in [5, 5.41) is 20.0. The van der Waals surface area contributed by atoms with Crippen molar-refractivity contribution in [2.45, 2.75) is 130 Å². The van der Waals surface area contributed by atoms with E-state index in [2.05, 4.69) is 20.8 Å². The molecule has 0 aliphatic carbocycles. The van der Waals surface area contributed by atoms with Crippen LogP contribution in [-0.4, -0.2) is 23.0 Å². The van der Waals surface area contributed by atoms with Crippen molar-refractivity contribution in [2.24, 2.45) is 0 Å². The molecule has 0 radical (unpaired) electrons. The van der Waals surface area contributed by atoms with Gasteiger partial charge >= 0.3 is 6.16 Å². The molecule has 2 N–H and O–H groups in total. The van der Waals surface area contributed by atoms with E-state index in [1.165, 1.54) is 51.4 Å². The number of hydrogen-bond donors (Lipinski definition) is 2. The lowest BCUT2D eigenvalue weighted by atomic mass is 9.94. The van der Waals surface area contributed by atoms with E-state index < -0.39 is 6.16 Å². The predicted molar refractivity (Wildman–Crippen MR) is 136 cm³/mol. The number of aromatic hydroxyl groups is 1. The summed E-state index contributed by atoms with van der Waals surface area (Å²) in [6.07, 6.45) is 17.7. The van der Waals surface area contributed by atoms with Gasteiger partial charge in [-0.25, -0.2) is 4.79 Å². The molecule has 0 unspecified atom stereocenters. The minimum Gasteiger partial charge on any atom is -0.502 e. The van der Waals surface area contributed by atoms with Crippen molar-refractivity contribution in [3.63, 3.8) is 0 Å². The number of benzene rings is 1. The Labute approximate surface area is 201 Å². The predicted octanol–water partition coefficient (Wildman–Crippen LogP) is 8.82. The first-order valence-electron chi connectivity index (χ1n) is 13.5. The van der Waals surface area contributed by atoms with Crippen LogP contribution in [0.3, 0.4) is 0 Å². The van der Waals surface area contributed by atoms with Crippen LogP contribution in [0, 0.1) is 0 Å². The molecule has 0 heterocycles. The molecule has 0 saturated carbocycles. The summed E-state index contributed by atoms with van der Waals surface area (Å²) in [6.45, 7) is 7.09. The van der Waals surface area contributed by atoms with Crippen LogP contribution >= 0.6 is 0 Å². The van der Waals surface area contributed by atoms with Crippen LogP contribution in [0.1, 0.15) is 128 Å². The fraction of sp³-hybridized carbons (Fsp3) is 0.750. The first kappa shape index (κ1) is 29.1. The number of unbranched alkanes of at least 4 members (excludes halogenated alkanes) is 12. The second-order valence-electron chi connectivity index (χ2n) is 9.15. The monoisotopic (exact) mass is 464 g/mol. The number of ether oxygens (including phenoxy) is 2. The van der Waals surface area contributed by atoms with Gasteiger partial charge in [0, 0.05) is 5.56 Å². The van der Waals surface area contributed by atoms with Crippen LogP contribution in [0.25, 0.3) is 0 Å². The van der Waals surface area contributed by atoms with Gasteiger partial charge in [0.15, 0.2) is 11.5 Å². The van der Waals surface area contributed by atoms with E-state index in [1.807, 2.05) is 0 Å². The Morgan fingerprint density at radius 1 is 0.758 bits per heavy atom. The van der Waals surface area contributed by atoms with Gasteiger partial charge in [-0.15, -0.1) is 0 Å². The quantitative estimate of drug-likeness (QED) is 0.114. The van der Waals surface area contributed by atoms with E-state index in [4.69, 9.17) is 14.6 Å². The van der Waals surface area contributed by atoms with E-state index in [-0.39, 0.29) is 11.5 Å². The molecule has 0 atom stereocenters. The fourth-order valence-corrected chi connectivity index (χ4v) is 4.24. The summed E-state index contributed by atoms with van der Waals surface area (Å²) < 4.78 is 11.0. The summed E-state index contributed by atoms with van der Waals surface area (Å²) in [4.78, 5) is 11.2. The van der Waals surface area contributed by atoms with E-state index in [9.17, 15) is 9.90 Å². The van der Waals surface area contributed by atoms with Gasteiger partial charge in [0.2, 0.25) is 5.75 Å². The van der Waals surface area contributed by atoms with E-state index in [1.54, 1.807) is 6.07 Å². The minimum atomic E-state index is -1.42. The van der Waals surface area contributed by atoms with E-state index in [0.717, 1.165) is 68.9 Å². The first-order chi connectivity index (χ1) is 16.0. The van der Waals surface area contributed by atoms with Crippen molar-refractivity contribution in [1.29, 1.82) is 0 Å². The molecular weight excluding hydrogens is 416 g/mol. The highest BCUT2D eigenvalue weighted by Crippen LogP contribution is 2.43. The van der Waals surface area contributed by atoms with Crippen molar-refractivity contribution in [2.75, 3.05) is 6.61 Å². The van der Waals surface area contributed by atoms with Crippen molar-refractivity contribution in [3.05, 3.63) is 17.2 Å². The van der Waals surface area contributed by atoms with Crippen molar-refractivity contribution in [1.82, 2.24) is 0 Å². The normalized spacial score (nSPS) is 11.0. The van der Waals surface area contributed by atoms with Gasteiger partial charge in [-0.3, -0.25) is 0 Å². The smallest absolute Gasteiger partial charge is 0.502 e. The highest BCUT2D eigenvalue weighted by molar-refractivity contribution is 5.67. The number of carbonyl (C=O) groups is 1. The summed E-state index contributed by atoms with van der Waals surface area (Å²) >= 11 is 0.